The standard InChI is InChI=1S/C17H20N4OS/c1-2-11-3-6-13(7-4-11)19-16(22)21-17-20-14-8-5-12(10-18)9-15(14)23-17/h5,8-9,11,13H,2-4,6-7H2,1H3,(H2,19,20,21,22). The number of amides is 2. The van der Waals surface area contributed by atoms with Gasteiger partial charge < -0.3 is 5.32 Å². The van der Waals surface area contributed by atoms with Gasteiger partial charge in [0.1, 0.15) is 0 Å². The summed E-state index contributed by atoms with van der Waals surface area (Å²) in [5.74, 6) is 0.815. The summed E-state index contributed by atoms with van der Waals surface area (Å²) in [5, 5.41) is 15.3. The van der Waals surface area contributed by atoms with Crippen LogP contribution in [-0.2, 0) is 0 Å². The minimum atomic E-state index is -0.190. The Morgan fingerprint density at radius 3 is 2.87 bits per heavy atom. The predicted octanol–water partition coefficient (Wildman–Crippen LogP) is 4.26. The molecule has 1 aromatic heterocycles. The molecule has 2 N–H and O–H groups in total. The van der Waals surface area contributed by atoms with Crippen LogP contribution in [0.25, 0.3) is 10.2 Å². The summed E-state index contributed by atoms with van der Waals surface area (Å²) in [5.41, 5.74) is 1.40. The van der Waals surface area contributed by atoms with Crippen molar-refractivity contribution < 1.29 is 4.79 Å². The maximum absolute atomic E-state index is 12.1. The van der Waals surface area contributed by atoms with Gasteiger partial charge in [0.05, 0.1) is 21.8 Å². The van der Waals surface area contributed by atoms with E-state index in [9.17, 15) is 4.79 Å². The number of rotatable bonds is 3. The van der Waals surface area contributed by atoms with Crippen molar-refractivity contribution in [3.05, 3.63) is 23.8 Å². The van der Waals surface area contributed by atoms with E-state index in [1.54, 1.807) is 18.2 Å². The molecule has 1 fully saturated rings. The molecule has 1 aliphatic carbocycles. The number of aromatic nitrogens is 1. The van der Waals surface area contributed by atoms with E-state index in [4.69, 9.17) is 5.26 Å². The molecular formula is C17H20N4OS. The molecule has 1 heterocycles. The van der Waals surface area contributed by atoms with Crippen molar-refractivity contribution in [2.24, 2.45) is 5.92 Å². The van der Waals surface area contributed by atoms with Gasteiger partial charge in [-0.2, -0.15) is 5.26 Å². The lowest BCUT2D eigenvalue weighted by molar-refractivity contribution is 0.237. The predicted molar refractivity (Wildman–Crippen MR) is 92.5 cm³/mol. The fourth-order valence-corrected chi connectivity index (χ4v) is 3.98. The van der Waals surface area contributed by atoms with E-state index in [0.717, 1.165) is 29.0 Å². The number of nitriles is 1. The Hall–Kier alpha value is -2.13. The number of urea groups is 1. The second-order valence-corrected chi connectivity index (χ2v) is 7.07. The van der Waals surface area contributed by atoms with Crippen molar-refractivity contribution in [1.29, 1.82) is 5.26 Å². The minimum absolute atomic E-state index is 0.190. The zero-order valence-electron chi connectivity index (χ0n) is 13.1. The number of anilines is 1. The van der Waals surface area contributed by atoms with E-state index in [-0.39, 0.29) is 12.1 Å². The highest BCUT2D eigenvalue weighted by Crippen LogP contribution is 2.28. The average molecular weight is 328 g/mol. The highest BCUT2D eigenvalue weighted by molar-refractivity contribution is 7.22. The number of hydrogen-bond acceptors (Lipinski definition) is 4. The van der Waals surface area contributed by atoms with Crippen LogP contribution in [0, 0.1) is 17.2 Å². The first-order valence-corrected chi connectivity index (χ1v) is 8.87. The number of fused-ring (bicyclic) bond motifs is 1. The van der Waals surface area contributed by atoms with Crippen molar-refractivity contribution in [3.8, 4) is 6.07 Å². The lowest BCUT2D eigenvalue weighted by Gasteiger charge is -2.28. The molecule has 0 radical (unpaired) electrons. The highest BCUT2D eigenvalue weighted by atomic mass is 32.1. The largest absolute Gasteiger partial charge is 0.335 e. The van der Waals surface area contributed by atoms with Crippen molar-refractivity contribution in [2.75, 3.05) is 5.32 Å². The maximum atomic E-state index is 12.1. The number of carbonyl (C=O) groups excluding carboxylic acids is 1. The Balaban J connectivity index is 1.59. The van der Waals surface area contributed by atoms with Crippen molar-refractivity contribution in [3.63, 3.8) is 0 Å². The van der Waals surface area contributed by atoms with Gasteiger partial charge >= 0.3 is 6.03 Å². The Bertz CT molecular complexity index is 741. The van der Waals surface area contributed by atoms with E-state index in [0.29, 0.717) is 10.7 Å². The third kappa shape index (κ3) is 3.80. The van der Waals surface area contributed by atoms with E-state index in [1.165, 1.54) is 30.6 Å². The van der Waals surface area contributed by atoms with Crippen LogP contribution in [0.4, 0.5) is 9.93 Å². The second kappa shape index (κ2) is 6.97. The molecule has 1 aliphatic rings. The van der Waals surface area contributed by atoms with Gasteiger partial charge in [-0.15, -0.1) is 0 Å². The Morgan fingerprint density at radius 2 is 2.17 bits per heavy atom. The summed E-state index contributed by atoms with van der Waals surface area (Å²) in [7, 11) is 0. The van der Waals surface area contributed by atoms with Crippen molar-refractivity contribution >= 4 is 32.7 Å². The molecule has 5 nitrogen and oxygen atoms in total. The fourth-order valence-electron chi connectivity index (χ4n) is 3.08. The lowest BCUT2D eigenvalue weighted by atomic mass is 9.85. The number of nitrogens with one attached hydrogen (secondary N) is 2. The Labute approximate surface area is 139 Å². The molecule has 0 bridgehead atoms. The van der Waals surface area contributed by atoms with E-state index >= 15 is 0 Å². The number of thiazole rings is 1. The molecule has 0 saturated heterocycles. The monoisotopic (exact) mass is 328 g/mol. The summed E-state index contributed by atoms with van der Waals surface area (Å²) in [6, 6.07) is 7.52. The molecule has 0 spiro atoms. The Morgan fingerprint density at radius 1 is 1.39 bits per heavy atom. The fraction of sp³-hybridized carbons (Fsp3) is 0.471. The van der Waals surface area contributed by atoms with E-state index in [2.05, 4.69) is 28.6 Å². The van der Waals surface area contributed by atoms with Gasteiger partial charge in [-0.1, -0.05) is 24.7 Å². The summed E-state index contributed by atoms with van der Waals surface area (Å²) >= 11 is 1.39. The topological polar surface area (TPSA) is 77.8 Å². The SMILES string of the molecule is CCC1CCC(NC(=O)Nc2nc3ccc(C#N)cc3s2)CC1. The molecule has 23 heavy (non-hydrogen) atoms. The Kier molecular flexibility index (Phi) is 4.77. The third-order valence-corrected chi connectivity index (χ3v) is 5.43. The van der Waals surface area contributed by atoms with Gasteiger partial charge in [0, 0.05) is 6.04 Å². The highest BCUT2D eigenvalue weighted by Gasteiger charge is 2.21. The molecule has 1 aromatic carbocycles. The van der Waals surface area contributed by atoms with Crippen LogP contribution >= 0.6 is 11.3 Å². The van der Waals surface area contributed by atoms with Crippen LogP contribution in [0.5, 0.6) is 0 Å². The van der Waals surface area contributed by atoms with Gasteiger partial charge in [0.25, 0.3) is 0 Å². The normalized spacial score (nSPS) is 20.9. The average Bonchev–Trinajstić information content (AvgIpc) is 2.96. The molecular weight excluding hydrogens is 308 g/mol. The first kappa shape index (κ1) is 15.8. The second-order valence-electron chi connectivity index (χ2n) is 6.04. The molecule has 2 aromatic rings. The van der Waals surface area contributed by atoms with Gasteiger partial charge in [0.2, 0.25) is 0 Å². The molecule has 0 atom stereocenters. The summed E-state index contributed by atoms with van der Waals surface area (Å²) in [6.45, 7) is 2.23. The molecule has 0 aliphatic heterocycles. The number of benzene rings is 1. The number of nitrogens with zero attached hydrogens (tertiary/aromatic N) is 2. The van der Waals surface area contributed by atoms with Gasteiger partial charge in [-0.3, -0.25) is 5.32 Å². The van der Waals surface area contributed by atoms with E-state index < -0.39 is 0 Å². The van der Waals surface area contributed by atoms with E-state index in [1.807, 2.05) is 0 Å². The zero-order valence-corrected chi connectivity index (χ0v) is 13.9. The zero-order chi connectivity index (χ0) is 16.2. The summed E-state index contributed by atoms with van der Waals surface area (Å²) in [4.78, 5) is 16.5. The smallest absolute Gasteiger partial charge is 0.321 e. The van der Waals surface area contributed by atoms with Gasteiger partial charge in [0.15, 0.2) is 5.13 Å². The van der Waals surface area contributed by atoms with Crippen LogP contribution in [0.1, 0.15) is 44.6 Å². The first-order valence-electron chi connectivity index (χ1n) is 8.06. The number of carbonyl (C=O) groups is 1. The summed E-state index contributed by atoms with van der Waals surface area (Å²) < 4.78 is 0.905. The quantitative estimate of drug-likeness (QED) is 0.883. The first-order chi connectivity index (χ1) is 11.2. The third-order valence-electron chi connectivity index (χ3n) is 4.50. The van der Waals surface area contributed by atoms with Crippen LogP contribution in [0.2, 0.25) is 0 Å². The molecule has 120 valence electrons. The molecule has 6 heteroatoms. The molecule has 0 unspecified atom stereocenters. The van der Waals surface area contributed by atoms with Crippen LogP contribution < -0.4 is 10.6 Å². The lowest BCUT2D eigenvalue weighted by Crippen LogP contribution is -2.40. The maximum Gasteiger partial charge on any atom is 0.321 e. The van der Waals surface area contributed by atoms with Crippen molar-refractivity contribution in [1.82, 2.24) is 10.3 Å². The van der Waals surface area contributed by atoms with Gasteiger partial charge in [-0.25, -0.2) is 9.78 Å². The van der Waals surface area contributed by atoms with Gasteiger partial charge in [-0.05, 0) is 49.8 Å². The molecule has 2 amide bonds. The molecule has 3 rings (SSSR count). The van der Waals surface area contributed by atoms with Crippen LogP contribution in [0.15, 0.2) is 18.2 Å². The molecule has 1 saturated carbocycles. The van der Waals surface area contributed by atoms with Crippen LogP contribution in [0.3, 0.4) is 0 Å². The minimum Gasteiger partial charge on any atom is -0.335 e. The van der Waals surface area contributed by atoms with Crippen LogP contribution in [-0.4, -0.2) is 17.1 Å². The number of hydrogen-bond donors (Lipinski definition) is 2. The van der Waals surface area contributed by atoms with Crippen molar-refractivity contribution in [2.45, 2.75) is 45.1 Å². The summed E-state index contributed by atoms with van der Waals surface area (Å²) in [6.07, 6.45) is 5.73.